The highest BCUT2D eigenvalue weighted by Crippen LogP contribution is 2.24. The predicted octanol–water partition coefficient (Wildman–Crippen LogP) is 2.18. The van der Waals surface area contributed by atoms with Crippen LogP contribution in [0.3, 0.4) is 0 Å². The summed E-state index contributed by atoms with van der Waals surface area (Å²) in [6.45, 7) is 3.30. The molecule has 0 amide bonds. The average Bonchev–Trinajstić information content (AvgIpc) is 2.71. The van der Waals surface area contributed by atoms with Crippen molar-refractivity contribution in [1.82, 2.24) is 9.21 Å². The Morgan fingerprint density at radius 2 is 1.79 bits per heavy atom. The van der Waals surface area contributed by atoms with E-state index in [1.54, 1.807) is 30.3 Å². The normalized spacial score (nSPS) is 17.0. The van der Waals surface area contributed by atoms with E-state index in [4.69, 9.17) is 9.84 Å². The lowest BCUT2D eigenvalue weighted by Crippen LogP contribution is -2.48. The van der Waals surface area contributed by atoms with Crippen LogP contribution in [-0.4, -0.2) is 61.0 Å². The van der Waals surface area contributed by atoms with Gasteiger partial charge in [0.25, 0.3) is 0 Å². The third kappa shape index (κ3) is 5.11. The van der Waals surface area contributed by atoms with Gasteiger partial charge in [-0.2, -0.15) is 4.31 Å². The molecule has 7 nitrogen and oxygen atoms in total. The summed E-state index contributed by atoms with van der Waals surface area (Å²) in [6, 6.07) is 12.2. The fourth-order valence-corrected chi connectivity index (χ4v) is 4.58. The molecular weight excluding hydrogens is 399 g/mol. The summed E-state index contributed by atoms with van der Waals surface area (Å²) in [7, 11) is -3.54. The van der Waals surface area contributed by atoms with Crippen LogP contribution in [0.5, 0.6) is 5.75 Å². The fourth-order valence-electron chi connectivity index (χ4n) is 3.14. The van der Waals surface area contributed by atoms with Crippen molar-refractivity contribution in [3.8, 4) is 5.75 Å². The second-order valence-electron chi connectivity index (χ2n) is 6.84. The van der Waals surface area contributed by atoms with Gasteiger partial charge in [-0.3, -0.25) is 4.90 Å². The number of hydrogen-bond acceptors (Lipinski definition) is 5. The number of carboxylic acids is 1. The van der Waals surface area contributed by atoms with Crippen molar-refractivity contribution >= 4 is 16.0 Å². The van der Waals surface area contributed by atoms with Gasteiger partial charge in [-0.25, -0.2) is 17.6 Å². The molecule has 1 aliphatic heterocycles. The lowest BCUT2D eigenvalue weighted by molar-refractivity contribution is -0.144. The predicted molar refractivity (Wildman–Crippen MR) is 105 cm³/mol. The number of piperazine rings is 1. The molecule has 0 saturated carbocycles. The number of ether oxygens (including phenoxy) is 1. The molecule has 0 unspecified atom stereocenters. The summed E-state index contributed by atoms with van der Waals surface area (Å²) in [6.07, 6.45) is -1.06. The van der Waals surface area contributed by atoms with Crippen LogP contribution in [0.2, 0.25) is 0 Å². The van der Waals surface area contributed by atoms with Crippen molar-refractivity contribution in [2.45, 2.75) is 24.5 Å². The number of benzene rings is 2. The minimum Gasteiger partial charge on any atom is -0.479 e. The van der Waals surface area contributed by atoms with Gasteiger partial charge in [-0.05, 0) is 37.3 Å². The Balaban J connectivity index is 1.67. The molecule has 0 radical (unpaired) electrons. The van der Waals surface area contributed by atoms with Crippen LogP contribution in [0.15, 0.2) is 53.4 Å². The zero-order valence-corrected chi connectivity index (χ0v) is 16.8. The molecule has 0 spiro atoms. The van der Waals surface area contributed by atoms with Gasteiger partial charge in [0.15, 0.2) is 6.10 Å². The van der Waals surface area contributed by atoms with Crippen molar-refractivity contribution in [3.05, 3.63) is 59.9 Å². The lowest BCUT2D eigenvalue weighted by Gasteiger charge is -2.34. The molecule has 2 aromatic carbocycles. The summed E-state index contributed by atoms with van der Waals surface area (Å²) in [5.74, 6) is -1.25. The van der Waals surface area contributed by atoms with Gasteiger partial charge in [-0.15, -0.1) is 0 Å². The highest BCUT2D eigenvalue weighted by Gasteiger charge is 2.28. The Bertz CT molecular complexity index is 960. The van der Waals surface area contributed by atoms with E-state index >= 15 is 0 Å². The zero-order valence-electron chi connectivity index (χ0n) is 16.0. The van der Waals surface area contributed by atoms with E-state index < -0.39 is 27.9 Å². The Labute approximate surface area is 169 Å². The van der Waals surface area contributed by atoms with E-state index in [1.165, 1.54) is 29.4 Å². The number of carbonyl (C=O) groups is 1. The minimum absolute atomic E-state index is 0.261. The molecule has 0 aliphatic carbocycles. The molecule has 1 atom stereocenters. The number of carboxylic acid groups (broad SMARTS) is 1. The summed E-state index contributed by atoms with van der Waals surface area (Å²) < 4.78 is 46.0. The molecule has 156 valence electrons. The van der Waals surface area contributed by atoms with Gasteiger partial charge in [-0.1, -0.05) is 18.2 Å². The Hall–Kier alpha value is -2.49. The van der Waals surface area contributed by atoms with Crippen molar-refractivity contribution in [2.24, 2.45) is 0 Å². The standard InChI is InChI=1S/C20H23FN2O5S/c1-15(20(24)25)28-19-8-7-17(21)13-16(19)14-22-9-11-23(12-10-22)29(26,27)18-5-3-2-4-6-18/h2-8,13,15H,9-12,14H2,1H3,(H,24,25)/t15-/m0/s1. The lowest BCUT2D eigenvalue weighted by atomic mass is 10.1. The average molecular weight is 422 g/mol. The quantitative estimate of drug-likeness (QED) is 0.736. The van der Waals surface area contributed by atoms with Gasteiger partial charge in [0.05, 0.1) is 4.90 Å². The molecule has 1 heterocycles. The number of hydrogen-bond donors (Lipinski definition) is 1. The highest BCUT2D eigenvalue weighted by atomic mass is 32.2. The number of nitrogens with zero attached hydrogens (tertiary/aromatic N) is 2. The molecule has 29 heavy (non-hydrogen) atoms. The zero-order chi connectivity index (χ0) is 21.0. The van der Waals surface area contributed by atoms with Gasteiger partial charge in [0.1, 0.15) is 11.6 Å². The van der Waals surface area contributed by atoms with Crippen molar-refractivity contribution < 1.29 is 27.4 Å². The molecule has 0 bridgehead atoms. The molecule has 1 fully saturated rings. The van der Waals surface area contributed by atoms with Crippen molar-refractivity contribution in [2.75, 3.05) is 26.2 Å². The van der Waals surface area contributed by atoms with Gasteiger partial charge in [0, 0.05) is 38.3 Å². The number of sulfonamides is 1. The first kappa shape index (κ1) is 21.2. The molecule has 3 rings (SSSR count). The summed E-state index contributed by atoms with van der Waals surface area (Å²) in [5.41, 5.74) is 0.525. The monoisotopic (exact) mass is 422 g/mol. The second-order valence-corrected chi connectivity index (χ2v) is 8.78. The van der Waals surface area contributed by atoms with Gasteiger partial charge < -0.3 is 9.84 Å². The summed E-state index contributed by atoms with van der Waals surface area (Å²) in [4.78, 5) is 13.3. The van der Waals surface area contributed by atoms with Crippen LogP contribution >= 0.6 is 0 Å². The maximum Gasteiger partial charge on any atom is 0.344 e. The molecular formula is C20H23FN2O5S. The van der Waals surface area contributed by atoms with Crippen molar-refractivity contribution in [3.63, 3.8) is 0 Å². The molecule has 9 heteroatoms. The van der Waals surface area contributed by atoms with Crippen LogP contribution in [-0.2, 0) is 21.4 Å². The minimum atomic E-state index is -3.54. The van der Waals surface area contributed by atoms with E-state index in [9.17, 15) is 17.6 Å². The van der Waals surface area contributed by atoms with Gasteiger partial charge >= 0.3 is 5.97 Å². The third-order valence-corrected chi connectivity index (χ3v) is 6.69. The first-order valence-corrected chi connectivity index (χ1v) is 10.7. The molecule has 0 aromatic heterocycles. The number of rotatable bonds is 7. The highest BCUT2D eigenvalue weighted by molar-refractivity contribution is 7.89. The maximum atomic E-state index is 13.7. The molecule has 2 aromatic rings. The van der Waals surface area contributed by atoms with Crippen LogP contribution in [0.25, 0.3) is 0 Å². The molecule has 1 saturated heterocycles. The van der Waals surface area contributed by atoms with Crippen molar-refractivity contribution in [1.29, 1.82) is 0 Å². The van der Waals surface area contributed by atoms with E-state index in [2.05, 4.69) is 0 Å². The summed E-state index contributed by atoms with van der Waals surface area (Å²) >= 11 is 0. The van der Waals surface area contributed by atoms with Crippen LogP contribution in [0.1, 0.15) is 12.5 Å². The number of halogens is 1. The topological polar surface area (TPSA) is 87.2 Å². The largest absolute Gasteiger partial charge is 0.479 e. The van der Waals surface area contributed by atoms with Crippen LogP contribution < -0.4 is 4.74 Å². The molecule has 1 aliphatic rings. The van der Waals surface area contributed by atoms with Gasteiger partial charge in [0.2, 0.25) is 10.0 Å². The van der Waals surface area contributed by atoms with E-state index in [1.807, 2.05) is 4.90 Å². The summed E-state index contributed by atoms with van der Waals surface area (Å²) in [5, 5.41) is 9.04. The van der Waals surface area contributed by atoms with Crippen LogP contribution in [0.4, 0.5) is 4.39 Å². The maximum absolute atomic E-state index is 13.7. The Morgan fingerprint density at radius 3 is 2.41 bits per heavy atom. The Kier molecular flexibility index (Phi) is 6.51. The smallest absolute Gasteiger partial charge is 0.344 e. The van der Waals surface area contributed by atoms with Crippen LogP contribution in [0, 0.1) is 5.82 Å². The van der Waals surface area contributed by atoms with E-state index in [0.717, 1.165) is 0 Å². The SMILES string of the molecule is C[C@H](Oc1ccc(F)cc1CN1CCN(S(=O)(=O)c2ccccc2)CC1)C(=O)O. The first-order valence-electron chi connectivity index (χ1n) is 9.23. The first-order chi connectivity index (χ1) is 13.8. The number of aliphatic carboxylic acids is 1. The fraction of sp³-hybridized carbons (Fsp3) is 0.350. The Morgan fingerprint density at radius 1 is 1.14 bits per heavy atom. The molecule has 1 N–H and O–H groups in total. The van der Waals surface area contributed by atoms with E-state index in [0.29, 0.717) is 44.0 Å². The second kappa shape index (κ2) is 8.89. The van der Waals surface area contributed by atoms with E-state index in [-0.39, 0.29) is 4.90 Å². The third-order valence-electron chi connectivity index (χ3n) is 4.78.